The monoisotopic (exact) mass is 319 g/mol. The van der Waals surface area contributed by atoms with E-state index in [2.05, 4.69) is 4.72 Å². The first-order valence-electron chi connectivity index (χ1n) is 5.87. The molecule has 0 unspecified atom stereocenters. The van der Waals surface area contributed by atoms with Gasteiger partial charge in [0.2, 0.25) is 10.0 Å². The summed E-state index contributed by atoms with van der Waals surface area (Å²) >= 11 is 1.57. The molecule has 0 spiro atoms. The minimum Gasteiger partial charge on any atom is -0.478 e. The van der Waals surface area contributed by atoms with Crippen molar-refractivity contribution < 1.29 is 22.7 Å². The Hall–Kier alpha value is -1.12. The van der Waals surface area contributed by atoms with E-state index in [4.69, 9.17) is 5.11 Å². The molecule has 0 heterocycles. The van der Waals surface area contributed by atoms with E-state index >= 15 is 0 Å². The highest BCUT2D eigenvalue weighted by Crippen LogP contribution is 2.46. The highest BCUT2D eigenvalue weighted by atomic mass is 32.2. The Labute approximate surface area is 120 Å². The van der Waals surface area contributed by atoms with Gasteiger partial charge < -0.3 is 5.11 Å². The van der Waals surface area contributed by atoms with Crippen molar-refractivity contribution in [3.63, 3.8) is 0 Å². The van der Waals surface area contributed by atoms with Gasteiger partial charge in [-0.15, -0.1) is 0 Å². The molecule has 0 aliphatic heterocycles. The second-order valence-corrected chi connectivity index (χ2v) is 7.67. The number of nitrogens with one attached hydrogen (secondary N) is 1. The molecule has 0 amide bonds. The average Bonchev–Trinajstić information content (AvgIpc) is 3.17. The summed E-state index contributed by atoms with van der Waals surface area (Å²) in [5.74, 6) is -2.26. The predicted molar refractivity (Wildman–Crippen MR) is 74.0 cm³/mol. The van der Waals surface area contributed by atoms with Gasteiger partial charge in [-0.2, -0.15) is 11.8 Å². The topological polar surface area (TPSA) is 83.5 Å². The molecule has 20 heavy (non-hydrogen) atoms. The van der Waals surface area contributed by atoms with Crippen molar-refractivity contribution in [1.29, 1.82) is 0 Å². The summed E-state index contributed by atoms with van der Waals surface area (Å²) in [5.41, 5.74) is -0.266. The van der Waals surface area contributed by atoms with Crippen LogP contribution < -0.4 is 4.72 Å². The molecule has 110 valence electrons. The van der Waals surface area contributed by atoms with Crippen LogP contribution in [0.2, 0.25) is 0 Å². The number of aromatic carboxylic acids is 1. The van der Waals surface area contributed by atoms with Gasteiger partial charge in [0, 0.05) is 11.3 Å². The number of carboxylic acids is 1. The predicted octanol–water partition coefficient (Wildman–Crippen LogP) is 1.70. The Morgan fingerprint density at radius 1 is 1.50 bits per heavy atom. The van der Waals surface area contributed by atoms with Crippen molar-refractivity contribution >= 4 is 27.8 Å². The molecule has 0 bridgehead atoms. The normalized spacial score (nSPS) is 16.9. The van der Waals surface area contributed by atoms with E-state index in [0.717, 1.165) is 31.0 Å². The molecule has 1 aromatic carbocycles. The Bertz CT molecular complexity index is 641. The van der Waals surface area contributed by atoms with Gasteiger partial charge in [0.15, 0.2) is 0 Å². The van der Waals surface area contributed by atoms with Crippen LogP contribution in [0.4, 0.5) is 4.39 Å². The summed E-state index contributed by atoms with van der Waals surface area (Å²) in [6, 6.07) is 2.71. The summed E-state index contributed by atoms with van der Waals surface area (Å²) in [6.45, 7) is 0.216. The molecule has 0 atom stereocenters. The van der Waals surface area contributed by atoms with Crippen molar-refractivity contribution in [2.75, 3.05) is 12.8 Å². The number of carbonyl (C=O) groups is 1. The van der Waals surface area contributed by atoms with E-state index in [1.165, 1.54) is 0 Å². The van der Waals surface area contributed by atoms with Gasteiger partial charge in [0.25, 0.3) is 0 Å². The van der Waals surface area contributed by atoms with Crippen LogP contribution in [0.15, 0.2) is 23.1 Å². The van der Waals surface area contributed by atoms with Gasteiger partial charge >= 0.3 is 5.97 Å². The second kappa shape index (κ2) is 5.34. The zero-order valence-electron chi connectivity index (χ0n) is 10.7. The van der Waals surface area contributed by atoms with Crippen molar-refractivity contribution in [3.05, 3.63) is 29.6 Å². The number of rotatable bonds is 6. The average molecular weight is 319 g/mol. The van der Waals surface area contributed by atoms with Crippen molar-refractivity contribution in [2.45, 2.75) is 22.5 Å². The molecule has 1 aliphatic carbocycles. The van der Waals surface area contributed by atoms with E-state index in [1.54, 1.807) is 11.8 Å². The highest BCUT2D eigenvalue weighted by molar-refractivity contribution is 8.00. The number of sulfonamides is 1. The summed E-state index contributed by atoms with van der Waals surface area (Å²) in [5, 5.41) is 8.83. The zero-order valence-corrected chi connectivity index (χ0v) is 12.4. The van der Waals surface area contributed by atoms with Crippen LogP contribution in [0.5, 0.6) is 0 Å². The molecule has 1 fully saturated rings. The number of benzene rings is 1. The third-order valence-electron chi connectivity index (χ3n) is 3.29. The van der Waals surface area contributed by atoms with Crippen LogP contribution in [0.1, 0.15) is 23.2 Å². The second-order valence-electron chi connectivity index (χ2n) is 4.66. The van der Waals surface area contributed by atoms with Crippen LogP contribution >= 0.6 is 11.8 Å². The van der Waals surface area contributed by atoms with E-state index in [-0.39, 0.29) is 16.9 Å². The molecule has 8 heteroatoms. The van der Waals surface area contributed by atoms with Crippen LogP contribution in [0.3, 0.4) is 0 Å². The van der Waals surface area contributed by atoms with Gasteiger partial charge in [0.1, 0.15) is 10.7 Å². The Morgan fingerprint density at radius 3 is 2.65 bits per heavy atom. The van der Waals surface area contributed by atoms with Crippen LogP contribution in [-0.4, -0.2) is 37.0 Å². The molecule has 0 saturated heterocycles. The SMILES string of the molecule is CSC1(CNS(=O)(=O)c2cc(C(=O)O)ccc2F)CC1. The summed E-state index contributed by atoms with van der Waals surface area (Å²) in [4.78, 5) is 10.2. The quantitative estimate of drug-likeness (QED) is 0.834. The highest BCUT2D eigenvalue weighted by Gasteiger charge is 2.42. The maximum atomic E-state index is 13.6. The third-order valence-corrected chi connectivity index (χ3v) is 6.13. The third kappa shape index (κ3) is 3.13. The lowest BCUT2D eigenvalue weighted by molar-refractivity contribution is 0.0696. The maximum Gasteiger partial charge on any atom is 0.335 e. The van der Waals surface area contributed by atoms with E-state index in [0.29, 0.717) is 0 Å². The van der Waals surface area contributed by atoms with Gasteiger partial charge in [-0.05, 0) is 37.3 Å². The number of hydrogen-bond donors (Lipinski definition) is 2. The first-order valence-corrected chi connectivity index (χ1v) is 8.58. The summed E-state index contributed by atoms with van der Waals surface area (Å²) < 4.78 is 40.0. The van der Waals surface area contributed by atoms with Gasteiger partial charge in [0.05, 0.1) is 5.56 Å². The Balaban J connectivity index is 2.24. The smallest absolute Gasteiger partial charge is 0.335 e. The van der Waals surface area contributed by atoms with Crippen molar-refractivity contribution in [1.82, 2.24) is 4.72 Å². The van der Waals surface area contributed by atoms with Crippen LogP contribution in [-0.2, 0) is 10.0 Å². The minimum atomic E-state index is -4.05. The molecule has 5 nitrogen and oxygen atoms in total. The Kier molecular flexibility index (Phi) is 4.08. The fourth-order valence-electron chi connectivity index (χ4n) is 1.74. The van der Waals surface area contributed by atoms with E-state index in [9.17, 15) is 17.6 Å². The van der Waals surface area contributed by atoms with Crippen LogP contribution in [0.25, 0.3) is 0 Å². The van der Waals surface area contributed by atoms with E-state index in [1.807, 2.05) is 6.26 Å². The molecule has 1 aliphatic rings. The van der Waals surface area contributed by atoms with Crippen LogP contribution in [0, 0.1) is 5.82 Å². The molecule has 1 aromatic rings. The first-order chi connectivity index (χ1) is 9.30. The molecular formula is C12H14FNO4S2. The Morgan fingerprint density at radius 2 is 2.15 bits per heavy atom. The lowest BCUT2D eigenvalue weighted by atomic mass is 10.2. The lowest BCUT2D eigenvalue weighted by Crippen LogP contribution is -2.32. The fourth-order valence-corrected chi connectivity index (χ4v) is 3.79. The summed E-state index contributed by atoms with van der Waals surface area (Å²) in [7, 11) is -4.05. The fraction of sp³-hybridized carbons (Fsp3) is 0.417. The minimum absolute atomic E-state index is 0.103. The first kappa shape index (κ1) is 15.3. The molecule has 2 rings (SSSR count). The largest absolute Gasteiger partial charge is 0.478 e. The number of halogens is 1. The maximum absolute atomic E-state index is 13.6. The lowest BCUT2D eigenvalue weighted by Gasteiger charge is -2.14. The molecule has 2 N–H and O–H groups in total. The van der Waals surface area contributed by atoms with Gasteiger partial charge in [-0.1, -0.05) is 0 Å². The van der Waals surface area contributed by atoms with E-state index < -0.39 is 26.7 Å². The number of thioether (sulfide) groups is 1. The molecule has 1 saturated carbocycles. The number of carboxylic acid groups (broad SMARTS) is 1. The standard InChI is InChI=1S/C12H14FNO4S2/c1-19-12(4-5-12)7-14-20(17,18)10-6-8(11(15)16)2-3-9(10)13/h2-3,6,14H,4-5,7H2,1H3,(H,15,16). The molecule has 0 aromatic heterocycles. The number of hydrogen-bond acceptors (Lipinski definition) is 4. The van der Waals surface area contributed by atoms with Gasteiger partial charge in [-0.25, -0.2) is 22.3 Å². The zero-order chi connectivity index (χ0) is 15.0. The van der Waals surface area contributed by atoms with Gasteiger partial charge in [-0.3, -0.25) is 0 Å². The molecular weight excluding hydrogens is 305 g/mol. The van der Waals surface area contributed by atoms with Crippen molar-refractivity contribution in [2.24, 2.45) is 0 Å². The summed E-state index contributed by atoms with van der Waals surface area (Å²) in [6.07, 6.45) is 3.72. The van der Waals surface area contributed by atoms with Crippen molar-refractivity contribution in [3.8, 4) is 0 Å². The molecule has 0 radical (unpaired) electrons.